The van der Waals surface area contributed by atoms with E-state index < -0.39 is 17.1 Å². The molecule has 1 fully saturated rings. The van der Waals surface area contributed by atoms with Crippen molar-refractivity contribution in [3.8, 4) is 11.5 Å². The monoisotopic (exact) mass is 412 g/mol. The lowest BCUT2D eigenvalue weighted by atomic mass is 10.1. The molecule has 1 aliphatic rings. The first-order valence-electron chi connectivity index (χ1n) is 8.75. The summed E-state index contributed by atoms with van der Waals surface area (Å²) >= 11 is 0.809. The molecular weight excluding hydrogens is 392 g/mol. The normalized spacial score (nSPS) is 15.0. The molecule has 29 heavy (non-hydrogen) atoms. The Labute approximate surface area is 172 Å². The van der Waals surface area contributed by atoms with Crippen molar-refractivity contribution >= 4 is 40.6 Å². The van der Waals surface area contributed by atoms with E-state index in [-0.39, 0.29) is 11.4 Å². The van der Waals surface area contributed by atoms with Gasteiger partial charge in [-0.2, -0.15) is 0 Å². The minimum Gasteiger partial charge on any atom is -0.497 e. The van der Waals surface area contributed by atoms with Crippen LogP contribution in [0.25, 0.3) is 6.08 Å². The molecule has 1 heterocycles. The molecule has 0 bridgehead atoms. The summed E-state index contributed by atoms with van der Waals surface area (Å²) in [5.41, 5.74) is 2.25. The maximum Gasteiger partial charge on any atom is 0.294 e. The molecule has 0 saturated carbocycles. The van der Waals surface area contributed by atoms with Crippen LogP contribution in [0.3, 0.4) is 0 Å². The summed E-state index contributed by atoms with van der Waals surface area (Å²) in [6, 6.07) is 12.3. The lowest BCUT2D eigenvalue weighted by molar-refractivity contribution is -0.127. The molecule has 8 heteroatoms. The average molecular weight is 412 g/mol. The number of carbonyl (C=O) groups excluding carboxylic acids is 3. The van der Waals surface area contributed by atoms with E-state index in [4.69, 9.17) is 9.47 Å². The summed E-state index contributed by atoms with van der Waals surface area (Å²) in [6.45, 7) is 1.56. The molecule has 3 rings (SSSR count). The summed E-state index contributed by atoms with van der Waals surface area (Å²) < 4.78 is 10.3. The van der Waals surface area contributed by atoms with E-state index in [1.807, 2.05) is 19.1 Å². The molecular formula is C21H20N2O5S. The second-order valence-corrected chi connectivity index (χ2v) is 7.27. The van der Waals surface area contributed by atoms with E-state index >= 15 is 0 Å². The van der Waals surface area contributed by atoms with Gasteiger partial charge in [0.25, 0.3) is 11.1 Å². The predicted octanol–water partition coefficient (Wildman–Crippen LogP) is 3.69. The number of hydrogen-bond donors (Lipinski definition) is 1. The Morgan fingerprint density at radius 3 is 2.48 bits per heavy atom. The molecule has 150 valence electrons. The molecule has 2 aromatic rings. The summed E-state index contributed by atoms with van der Waals surface area (Å²) in [4.78, 5) is 38.3. The van der Waals surface area contributed by atoms with Crippen molar-refractivity contribution in [1.82, 2.24) is 4.90 Å². The first-order valence-corrected chi connectivity index (χ1v) is 9.57. The fourth-order valence-corrected chi connectivity index (χ4v) is 3.57. The van der Waals surface area contributed by atoms with Crippen molar-refractivity contribution in [2.24, 2.45) is 0 Å². The van der Waals surface area contributed by atoms with Crippen LogP contribution in [0, 0.1) is 6.92 Å². The number of rotatable bonds is 6. The maximum atomic E-state index is 12.6. The average Bonchev–Trinajstić information content (AvgIpc) is 2.97. The Morgan fingerprint density at radius 2 is 1.83 bits per heavy atom. The van der Waals surface area contributed by atoms with Gasteiger partial charge in [-0.25, -0.2) is 0 Å². The van der Waals surface area contributed by atoms with Crippen molar-refractivity contribution < 1.29 is 23.9 Å². The molecule has 0 radical (unpaired) electrons. The Bertz CT molecular complexity index is 985. The van der Waals surface area contributed by atoms with Gasteiger partial charge in [-0.3, -0.25) is 19.3 Å². The van der Waals surface area contributed by atoms with E-state index in [1.54, 1.807) is 50.6 Å². The number of hydrogen-bond acceptors (Lipinski definition) is 6. The van der Waals surface area contributed by atoms with Gasteiger partial charge in [0.05, 0.1) is 19.1 Å². The van der Waals surface area contributed by atoms with Crippen molar-refractivity contribution in [1.29, 1.82) is 0 Å². The number of nitrogens with zero attached hydrogens (tertiary/aromatic N) is 1. The first-order chi connectivity index (χ1) is 13.9. The highest BCUT2D eigenvalue weighted by atomic mass is 32.2. The van der Waals surface area contributed by atoms with Crippen LogP contribution in [0.2, 0.25) is 0 Å². The molecule has 1 N–H and O–H groups in total. The molecule has 0 aromatic heterocycles. The van der Waals surface area contributed by atoms with E-state index in [9.17, 15) is 14.4 Å². The van der Waals surface area contributed by atoms with Gasteiger partial charge in [0.2, 0.25) is 5.91 Å². The van der Waals surface area contributed by atoms with Crippen LogP contribution in [0.4, 0.5) is 10.5 Å². The highest BCUT2D eigenvalue weighted by Crippen LogP contribution is 2.33. The Balaban J connectivity index is 1.69. The summed E-state index contributed by atoms with van der Waals surface area (Å²) in [7, 11) is 3.12. The second-order valence-electron chi connectivity index (χ2n) is 6.27. The molecule has 7 nitrogen and oxygen atoms in total. The number of carbonyl (C=O) groups is 3. The summed E-state index contributed by atoms with van der Waals surface area (Å²) in [6.07, 6.45) is 1.62. The molecule has 2 aromatic carbocycles. The number of anilines is 1. The molecule has 1 saturated heterocycles. The molecule has 0 unspecified atom stereocenters. The number of imide groups is 1. The summed E-state index contributed by atoms with van der Waals surface area (Å²) in [5, 5.41) is 2.18. The van der Waals surface area contributed by atoms with Gasteiger partial charge >= 0.3 is 0 Å². The van der Waals surface area contributed by atoms with Crippen LogP contribution in [0.15, 0.2) is 47.4 Å². The Kier molecular flexibility index (Phi) is 6.23. The third-order valence-electron chi connectivity index (χ3n) is 4.28. The van der Waals surface area contributed by atoms with Crippen LogP contribution < -0.4 is 14.8 Å². The topological polar surface area (TPSA) is 84.9 Å². The molecule has 0 atom stereocenters. The maximum absolute atomic E-state index is 12.6. The van der Waals surface area contributed by atoms with Crippen molar-refractivity contribution in [3.05, 3.63) is 58.5 Å². The number of nitrogens with one attached hydrogen (secondary N) is 1. The van der Waals surface area contributed by atoms with E-state index in [2.05, 4.69) is 5.32 Å². The number of ether oxygens (including phenoxy) is 2. The van der Waals surface area contributed by atoms with Crippen LogP contribution in [-0.2, 0) is 9.59 Å². The van der Waals surface area contributed by atoms with Crippen molar-refractivity contribution in [3.63, 3.8) is 0 Å². The van der Waals surface area contributed by atoms with Crippen LogP contribution in [0.1, 0.15) is 11.1 Å². The zero-order valence-corrected chi connectivity index (χ0v) is 17.0. The van der Waals surface area contributed by atoms with Crippen molar-refractivity contribution in [2.45, 2.75) is 6.92 Å². The van der Waals surface area contributed by atoms with Gasteiger partial charge in [-0.1, -0.05) is 12.1 Å². The lowest BCUT2D eigenvalue weighted by Crippen LogP contribution is -2.36. The zero-order valence-electron chi connectivity index (χ0n) is 16.2. The number of aryl methyl sites for hydroxylation is 1. The fraction of sp³-hybridized carbons (Fsp3) is 0.190. The SMILES string of the molecule is COc1ccc(NC(=O)CN2C(=O)S/C(=C/c3ccc(C)c(OC)c3)C2=O)cc1. The highest BCUT2D eigenvalue weighted by Gasteiger charge is 2.36. The predicted molar refractivity (Wildman–Crippen MR) is 112 cm³/mol. The van der Waals surface area contributed by atoms with E-state index in [0.717, 1.165) is 27.8 Å². The Morgan fingerprint density at radius 1 is 1.10 bits per heavy atom. The zero-order chi connectivity index (χ0) is 21.0. The lowest BCUT2D eigenvalue weighted by Gasteiger charge is -2.12. The van der Waals surface area contributed by atoms with Crippen LogP contribution >= 0.6 is 11.8 Å². The minimum atomic E-state index is -0.496. The van der Waals surface area contributed by atoms with E-state index in [1.165, 1.54) is 0 Å². The van der Waals surface area contributed by atoms with Gasteiger partial charge in [0.15, 0.2) is 0 Å². The molecule has 3 amide bonds. The quantitative estimate of drug-likeness (QED) is 0.729. The fourth-order valence-electron chi connectivity index (χ4n) is 2.73. The molecule has 0 spiro atoms. The third-order valence-corrected chi connectivity index (χ3v) is 5.19. The number of thioether (sulfide) groups is 1. The van der Waals surface area contributed by atoms with Gasteiger partial charge in [-0.15, -0.1) is 0 Å². The summed E-state index contributed by atoms with van der Waals surface area (Å²) in [5.74, 6) is 0.392. The number of amides is 3. The van der Waals surface area contributed by atoms with Crippen LogP contribution in [-0.4, -0.2) is 42.7 Å². The second kappa shape index (κ2) is 8.83. The van der Waals surface area contributed by atoms with Gasteiger partial charge < -0.3 is 14.8 Å². The number of methoxy groups -OCH3 is 2. The molecule has 1 aliphatic heterocycles. The molecule has 0 aliphatic carbocycles. The smallest absolute Gasteiger partial charge is 0.294 e. The first kappa shape index (κ1) is 20.5. The van der Waals surface area contributed by atoms with Gasteiger partial charge in [-0.05, 0) is 66.2 Å². The van der Waals surface area contributed by atoms with Crippen LogP contribution in [0.5, 0.6) is 11.5 Å². The van der Waals surface area contributed by atoms with Gasteiger partial charge in [0, 0.05) is 5.69 Å². The standard InChI is InChI=1S/C21H20N2O5S/c1-13-4-5-14(10-17(13)28-3)11-18-20(25)23(21(26)29-18)12-19(24)22-15-6-8-16(27-2)9-7-15/h4-11H,12H2,1-3H3,(H,22,24)/b18-11+. The van der Waals surface area contributed by atoms with Crippen molar-refractivity contribution in [2.75, 3.05) is 26.1 Å². The van der Waals surface area contributed by atoms with E-state index in [0.29, 0.717) is 17.2 Å². The minimum absolute atomic E-state index is 0.262. The van der Waals surface area contributed by atoms with Gasteiger partial charge in [0.1, 0.15) is 18.0 Å². The highest BCUT2D eigenvalue weighted by molar-refractivity contribution is 8.18. The number of benzene rings is 2. The third kappa shape index (κ3) is 4.78. The Hall–Kier alpha value is -3.26. The largest absolute Gasteiger partial charge is 0.497 e.